The molecule has 2 heterocycles. The number of benzene rings is 2. The number of anilines is 2. The van der Waals surface area contributed by atoms with E-state index in [4.69, 9.17) is 11.5 Å². The second-order valence-corrected chi connectivity index (χ2v) is 10.9. The lowest BCUT2D eigenvalue weighted by Gasteiger charge is -2.34. The van der Waals surface area contributed by atoms with Crippen molar-refractivity contribution in [3.8, 4) is 0 Å². The number of amides is 3. The molecule has 202 valence electrons. The molecule has 0 aliphatic heterocycles. The normalized spacial score (nSPS) is 14.7. The number of nitrogens with one attached hydrogen (secondary N) is 2. The third-order valence-electron chi connectivity index (χ3n) is 7.37. The Morgan fingerprint density at radius 2 is 1.85 bits per heavy atom. The minimum atomic E-state index is -1.02. The van der Waals surface area contributed by atoms with Crippen molar-refractivity contribution in [1.29, 1.82) is 0 Å². The molecule has 10 heteroatoms. The van der Waals surface area contributed by atoms with Crippen molar-refractivity contribution in [3.63, 3.8) is 0 Å². The molecule has 1 fully saturated rings. The third kappa shape index (κ3) is 5.12. The number of para-hydroxylation sites is 1. The minimum absolute atomic E-state index is 0.0319. The van der Waals surface area contributed by atoms with Gasteiger partial charge in [0, 0.05) is 34.4 Å². The Balaban J connectivity index is 1.71. The molecule has 1 unspecified atom stereocenters. The van der Waals surface area contributed by atoms with Gasteiger partial charge in [-0.3, -0.25) is 19.3 Å². The summed E-state index contributed by atoms with van der Waals surface area (Å²) in [7, 11) is 0. The van der Waals surface area contributed by atoms with Gasteiger partial charge in [0.25, 0.3) is 11.8 Å². The van der Waals surface area contributed by atoms with Crippen LogP contribution in [0.5, 0.6) is 0 Å². The summed E-state index contributed by atoms with van der Waals surface area (Å²) < 4.78 is 4.05. The van der Waals surface area contributed by atoms with Gasteiger partial charge in [-0.05, 0) is 61.5 Å². The fraction of sp³-hybridized carbons (Fsp3) is 0.310. The number of carbonyl (C=O) groups is 3. The maximum Gasteiger partial charge on any atom is 0.273 e. The van der Waals surface area contributed by atoms with Crippen molar-refractivity contribution in [2.24, 2.45) is 5.73 Å². The molecule has 6 N–H and O–H groups in total. The number of fused-ring (bicyclic) bond motifs is 1. The van der Waals surface area contributed by atoms with Gasteiger partial charge in [0.05, 0.1) is 5.69 Å². The zero-order valence-corrected chi connectivity index (χ0v) is 22.8. The van der Waals surface area contributed by atoms with Gasteiger partial charge in [-0.2, -0.15) is 4.37 Å². The number of hydrogen-bond acceptors (Lipinski definition) is 6. The lowest BCUT2D eigenvalue weighted by molar-refractivity contribution is -0.123. The number of aromatic amines is 1. The predicted molar refractivity (Wildman–Crippen MR) is 154 cm³/mol. The van der Waals surface area contributed by atoms with Crippen molar-refractivity contribution in [2.45, 2.75) is 58.0 Å². The van der Waals surface area contributed by atoms with Crippen LogP contribution in [-0.4, -0.2) is 33.1 Å². The topological polar surface area (TPSA) is 147 Å². The molecule has 0 spiro atoms. The van der Waals surface area contributed by atoms with Gasteiger partial charge < -0.3 is 21.8 Å². The maximum absolute atomic E-state index is 14.4. The zero-order chi connectivity index (χ0) is 27.7. The number of aromatic nitrogens is 2. The lowest BCUT2D eigenvalue weighted by atomic mass is 9.94. The van der Waals surface area contributed by atoms with E-state index >= 15 is 0 Å². The molecule has 9 nitrogen and oxygen atoms in total. The highest BCUT2D eigenvalue weighted by Gasteiger charge is 2.38. The first-order valence-corrected chi connectivity index (χ1v) is 13.9. The van der Waals surface area contributed by atoms with E-state index in [1.165, 1.54) is 4.90 Å². The Bertz CT molecular complexity index is 1550. The van der Waals surface area contributed by atoms with Crippen LogP contribution in [0.2, 0.25) is 0 Å². The van der Waals surface area contributed by atoms with Crippen LogP contribution in [0.15, 0.2) is 48.7 Å². The van der Waals surface area contributed by atoms with Crippen LogP contribution in [0.4, 0.5) is 11.4 Å². The number of nitrogens with two attached hydrogens (primary N) is 2. The van der Waals surface area contributed by atoms with Gasteiger partial charge in [0.15, 0.2) is 5.69 Å². The van der Waals surface area contributed by atoms with Crippen LogP contribution in [0.25, 0.3) is 10.9 Å². The lowest BCUT2D eigenvalue weighted by Crippen LogP contribution is -2.47. The highest BCUT2D eigenvalue weighted by molar-refractivity contribution is 7.09. The molecule has 1 saturated carbocycles. The molecule has 39 heavy (non-hydrogen) atoms. The summed E-state index contributed by atoms with van der Waals surface area (Å²) in [6.45, 7) is 3.83. The molecular weight excluding hydrogens is 512 g/mol. The van der Waals surface area contributed by atoms with Gasteiger partial charge in [-0.15, -0.1) is 0 Å². The Labute approximate surface area is 230 Å². The minimum Gasteiger partial charge on any atom is -0.395 e. The molecule has 1 aliphatic rings. The van der Waals surface area contributed by atoms with E-state index in [-0.39, 0.29) is 28.2 Å². The van der Waals surface area contributed by atoms with E-state index in [2.05, 4.69) is 14.7 Å². The second-order valence-electron chi connectivity index (χ2n) is 10.1. The van der Waals surface area contributed by atoms with Crippen LogP contribution in [-0.2, 0) is 4.79 Å². The molecule has 2 aromatic heterocycles. The van der Waals surface area contributed by atoms with Crippen molar-refractivity contribution in [3.05, 3.63) is 75.9 Å². The van der Waals surface area contributed by atoms with Gasteiger partial charge in [0.1, 0.15) is 10.9 Å². The Morgan fingerprint density at radius 3 is 2.56 bits per heavy atom. The maximum atomic E-state index is 14.4. The first-order valence-electron chi connectivity index (χ1n) is 13.1. The van der Waals surface area contributed by atoms with E-state index in [9.17, 15) is 14.4 Å². The quantitative estimate of drug-likeness (QED) is 0.265. The first kappa shape index (κ1) is 26.4. The number of hydrogen-bond donors (Lipinski definition) is 4. The molecule has 4 aromatic rings. The number of nitrogens with zero attached hydrogens (tertiary/aromatic N) is 2. The molecule has 0 saturated heterocycles. The number of aryl methyl sites for hydroxylation is 2. The molecule has 5 rings (SSSR count). The van der Waals surface area contributed by atoms with Gasteiger partial charge >= 0.3 is 0 Å². The fourth-order valence-corrected chi connectivity index (χ4v) is 6.07. The van der Waals surface area contributed by atoms with Crippen molar-refractivity contribution in [2.75, 3.05) is 10.6 Å². The smallest absolute Gasteiger partial charge is 0.273 e. The van der Waals surface area contributed by atoms with Crippen LogP contribution >= 0.6 is 11.5 Å². The Morgan fingerprint density at radius 1 is 1.10 bits per heavy atom. The molecule has 0 radical (unpaired) electrons. The number of carbonyl (C=O) groups excluding carboxylic acids is 3. The zero-order valence-electron chi connectivity index (χ0n) is 22.0. The number of H-pyrrole nitrogens is 1. The molecular formula is C29H32N6O3S. The van der Waals surface area contributed by atoms with E-state index in [1.807, 2.05) is 56.3 Å². The van der Waals surface area contributed by atoms with E-state index < -0.39 is 17.9 Å². The first-order chi connectivity index (χ1) is 18.8. The van der Waals surface area contributed by atoms with Crippen molar-refractivity contribution >= 4 is 51.5 Å². The van der Waals surface area contributed by atoms with Crippen LogP contribution < -0.4 is 21.7 Å². The summed E-state index contributed by atoms with van der Waals surface area (Å²) >= 11 is 0.805. The predicted octanol–water partition coefficient (Wildman–Crippen LogP) is 4.76. The van der Waals surface area contributed by atoms with Gasteiger partial charge in [-0.25, -0.2) is 0 Å². The molecule has 0 bridgehead atoms. The van der Waals surface area contributed by atoms with E-state index in [1.54, 1.807) is 6.20 Å². The van der Waals surface area contributed by atoms with Gasteiger partial charge in [-0.1, -0.05) is 49.6 Å². The number of primary amides is 1. The largest absolute Gasteiger partial charge is 0.395 e. The standard InChI is InChI=1S/C29H32N6O3S/c1-16-12-13-17(2)22(14-16)35(29(38)26-23(30)24(27(31)36)34-39-26)25(28(37)33-18-8-4-3-5-9-18)20-15-32-21-11-7-6-10-19(20)21/h6-7,10-15,18,25,32H,3-5,8-9,30H2,1-2H3,(H2,31,36)(H,33,37). The summed E-state index contributed by atoms with van der Waals surface area (Å²) in [6, 6.07) is 12.4. The Kier molecular flexibility index (Phi) is 7.38. The van der Waals surface area contributed by atoms with Crippen LogP contribution in [0, 0.1) is 13.8 Å². The number of rotatable bonds is 7. The molecule has 1 atom stereocenters. The summed E-state index contributed by atoms with van der Waals surface area (Å²) in [5.41, 5.74) is 15.2. The summed E-state index contributed by atoms with van der Waals surface area (Å²) in [4.78, 5) is 45.4. The summed E-state index contributed by atoms with van der Waals surface area (Å²) in [5.74, 6) is -1.62. The van der Waals surface area contributed by atoms with Crippen molar-refractivity contribution < 1.29 is 14.4 Å². The van der Waals surface area contributed by atoms with Crippen molar-refractivity contribution in [1.82, 2.24) is 14.7 Å². The molecule has 2 aromatic carbocycles. The number of nitrogen functional groups attached to an aromatic ring is 1. The molecule has 1 aliphatic carbocycles. The summed E-state index contributed by atoms with van der Waals surface area (Å²) in [6.07, 6.45) is 6.83. The van der Waals surface area contributed by atoms with Gasteiger partial charge in [0.2, 0.25) is 5.91 Å². The average molecular weight is 545 g/mol. The monoisotopic (exact) mass is 544 g/mol. The van der Waals surface area contributed by atoms with Crippen LogP contribution in [0.1, 0.15) is 75.0 Å². The van der Waals surface area contributed by atoms with E-state index in [0.29, 0.717) is 11.3 Å². The SMILES string of the molecule is Cc1ccc(C)c(N(C(=O)c2snc(C(N)=O)c2N)C(C(=O)NC2CCCCC2)c2c[nH]c3ccccc23)c1. The molecule has 3 amide bonds. The highest BCUT2D eigenvalue weighted by atomic mass is 32.1. The fourth-order valence-electron chi connectivity index (χ4n) is 5.33. The second kappa shape index (κ2) is 10.9. The summed E-state index contributed by atoms with van der Waals surface area (Å²) in [5, 5.41) is 4.07. The Hall–Kier alpha value is -4.18. The highest BCUT2D eigenvalue weighted by Crippen LogP contribution is 2.38. The third-order valence-corrected chi connectivity index (χ3v) is 8.22. The van der Waals surface area contributed by atoms with Crippen LogP contribution in [0.3, 0.4) is 0 Å². The average Bonchev–Trinajstić information content (AvgIpc) is 3.52. The van der Waals surface area contributed by atoms with E-state index in [0.717, 1.165) is 65.7 Å².